The van der Waals surface area contributed by atoms with Crippen molar-refractivity contribution in [3.05, 3.63) is 17.0 Å². The Balaban J connectivity index is 1.62. The van der Waals surface area contributed by atoms with Gasteiger partial charge in [0.15, 0.2) is 0 Å². The van der Waals surface area contributed by atoms with Crippen molar-refractivity contribution in [2.75, 3.05) is 39.3 Å². The summed E-state index contributed by atoms with van der Waals surface area (Å²) in [7, 11) is 0. The van der Waals surface area contributed by atoms with E-state index in [4.69, 9.17) is 0 Å². The van der Waals surface area contributed by atoms with Crippen LogP contribution in [0.4, 0.5) is 0 Å². The number of rotatable bonds is 5. The summed E-state index contributed by atoms with van der Waals surface area (Å²) in [6.45, 7) is 17.0. The Morgan fingerprint density at radius 2 is 1.95 bits per heavy atom. The summed E-state index contributed by atoms with van der Waals surface area (Å²) < 4.78 is 2.11. The summed E-state index contributed by atoms with van der Waals surface area (Å²) in [4.78, 5) is 5.25. The molecule has 0 saturated carbocycles. The van der Waals surface area contributed by atoms with E-state index in [0.29, 0.717) is 12.1 Å². The van der Waals surface area contributed by atoms with Crippen LogP contribution in [0.3, 0.4) is 0 Å². The maximum absolute atomic E-state index is 4.64. The number of nitrogens with zero attached hydrogens (tertiary/aromatic N) is 4. The molecule has 3 saturated heterocycles. The highest BCUT2D eigenvalue weighted by Crippen LogP contribution is 2.22. The van der Waals surface area contributed by atoms with E-state index in [2.05, 4.69) is 52.6 Å². The lowest BCUT2D eigenvalue weighted by Gasteiger charge is -2.47. The normalized spacial score (nSPS) is 29.8. The van der Waals surface area contributed by atoms with Gasteiger partial charge < -0.3 is 5.32 Å². The lowest BCUT2D eigenvalue weighted by Crippen LogP contribution is -2.63. The molecule has 0 spiro atoms. The summed E-state index contributed by atoms with van der Waals surface area (Å²) in [6.07, 6.45) is 0. The molecule has 0 radical (unpaired) electrons. The van der Waals surface area contributed by atoms with Gasteiger partial charge in [-0.15, -0.1) is 0 Å². The van der Waals surface area contributed by atoms with Gasteiger partial charge in [-0.05, 0) is 27.7 Å². The highest BCUT2D eigenvalue weighted by Gasteiger charge is 2.31. The number of fused-ring (bicyclic) bond motifs is 3. The van der Waals surface area contributed by atoms with Gasteiger partial charge in [-0.1, -0.05) is 0 Å². The van der Waals surface area contributed by atoms with Crippen LogP contribution in [-0.2, 0) is 6.54 Å². The molecule has 0 aromatic carbocycles. The summed E-state index contributed by atoms with van der Waals surface area (Å²) in [5.74, 6) is 0. The zero-order chi connectivity index (χ0) is 15.0. The van der Waals surface area contributed by atoms with Gasteiger partial charge in [0.25, 0.3) is 0 Å². The maximum atomic E-state index is 4.64. The van der Waals surface area contributed by atoms with Crippen LogP contribution in [0.15, 0.2) is 0 Å². The quantitative estimate of drug-likeness (QED) is 0.883. The Bertz CT molecular complexity index is 487. The van der Waals surface area contributed by atoms with E-state index in [0.717, 1.165) is 13.1 Å². The lowest BCUT2D eigenvalue weighted by atomic mass is 10.0. The molecule has 3 aliphatic heterocycles. The molecule has 4 rings (SSSR count). The van der Waals surface area contributed by atoms with Crippen molar-refractivity contribution < 1.29 is 0 Å². The molecule has 2 atom stereocenters. The molecule has 1 aromatic heterocycles. The van der Waals surface area contributed by atoms with Gasteiger partial charge in [0.1, 0.15) is 0 Å². The summed E-state index contributed by atoms with van der Waals surface area (Å²) in [5, 5.41) is 8.39. The molecule has 1 N–H and O–H groups in total. The summed E-state index contributed by atoms with van der Waals surface area (Å²) in [5.41, 5.74) is 3.86. The molecular formula is C16H29N5. The van der Waals surface area contributed by atoms with Crippen LogP contribution in [0.1, 0.15) is 36.8 Å². The van der Waals surface area contributed by atoms with E-state index in [9.17, 15) is 0 Å². The molecule has 0 amide bonds. The third-order valence-corrected chi connectivity index (χ3v) is 5.22. The molecule has 0 aliphatic carbocycles. The van der Waals surface area contributed by atoms with Gasteiger partial charge in [0.2, 0.25) is 0 Å². The van der Waals surface area contributed by atoms with Crippen LogP contribution in [-0.4, -0.2) is 64.9 Å². The molecule has 2 unspecified atom stereocenters. The Kier molecular flexibility index (Phi) is 4.33. The third-order valence-electron chi connectivity index (χ3n) is 5.22. The fourth-order valence-corrected chi connectivity index (χ4v) is 3.98. The minimum atomic E-state index is 0.377. The second-order valence-corrected chi connectivity index (χ2v) is 6.52. The van der Waals surface area contributed by atoms with Crippen molar-refractivity contribution in [2.24, 2.45) is 0 Å². The van der Waals surface area contributed by atoms with E-state index in [-0.39, 0.29) is 0 Å². The van der Waals surface area contributed by atoms with E-state index >= 15 is 0 Å². The zero-order valence-electron chi connectivity index (χ0n) is 13.9. The van der Waals surface area contributed by atoms with Gasteiger partial charge in [-0.25, -0.2) is 0 Å². The van der Waals surface area contributed by atoms with Crippen molar-refractivity contribution in [1.82, 2.24) is 24.9 Å². The highest BCUT2D eigenvalue weighted by molar-refractivity contribution is 5.27. The van der Waals surface area contributed by atoms with Crippen molar-refractivity contribution in [3.8, 4) is 0 Å². The van der Waals surface area contributed by atoms with Gasteiger partial charge in [-0.3, -0.25) is 14.5 Å². The van der Waals surface area contributed by atoms with E-state index in [1.807, 2.05) is 0 Å². The topological polar surface area (TPSA) is 36.3 Å². The summed E-state index contributed by atoms with van der Waals surface area (Å²) in [6, 6.07) is 1.05. The van der Waals surface area contributed by atoms with Crippen molar-refractivity contribution >= 4 is 0 Å². The second kappa shape index (κ2) is 6.07. The average molecular weight is 291 g/mol. The molecule has 4 heterocycles. The fourth-order valence-electron chi connectivity index (χ4n) is 3.98. The first-order chi connectivity index (χ1) is 10.1. The second-order valence-electron chi connectivity index (χ2n) is 6.52. The number of hydrogen-bond acceptors (Lipinski definition) is 4. The monoisotopic (exact) mass is 291 g/mol. The van der Waals surface area contributed by atoms with Gasteiger partial charge >= 0.3 is 0 Å². The molecule has 3 fully saturated rings. The Labute approximate surface area is 128 Å². The number of aryl methyl sites for hydroxylation is 2. The van der Waals surface area contributed by atoms with Gasteiger partial charge in [0, 0.05) is 69.2 Å². The van der Waals surface area contributed by atoms with Crippen LogP contribution in [0.2, 0.25) is 0 Å². The fraction of sp³-hybridized carbons (Fsp3) is 0.812. The van der Waals surface area contributed by atoms with Crippen LogP contribution in [0.25, 0.3) is 0 Å². The molecule has 5 nitrogen and oxygen atoms in total. The first-order valence-corrected chi connectivity index (χ1v) is 8.33. The molecule has 1 aromatic rings. The maximum Gasteiger partial charge on any atom is 0.0644 e. The number of aromatic nitrogens is 2. The summed E-state index contributed by atoms with van der Waals surface area (Å²) >= 11 is 0. The molecule has 2 bridgehead atoms. The number of hydrogen-bond donors (Lipinski definition) is 1. The number of nitrogens with one attached hydrogen (secondary N) is 1. The predicted molar refractivity (Wildman–Crippen MR) is 85.6 cm³/mol. The third kappa shape index (κ3) is 2.87. The minimum Gasteiger partial charge on any atom is -0.308 e. The molecule has 5 heteroatoms. The Hall–Kier alpha value is -0.910. The molecule has 21 heavy (non-hydrogen) atoms. The molecular weight excluding hydrogens is 262 g/mol. The smallest absolute Gasteiger partial charge is 0.0644 e. The number of piperazine rings is 3. The van der Waals surface area contributed by atoms with Crippen LogP contribution in [0, 0.1) is 13.8 Å². The van der Waals surface area contributed by atoms with E-state index in [1.54, 1.807) is 0 Å². The van der Waals surface area contributed by atoms with Crippen molar-refractivity contribution in [2.45, 2.75) is 46.3 Å². The van der Waals surface area contributed by atoms with Crippen molar-refractivity contribution in [1.29, 1.82) is 0 Å². The first kappa shape index (κ1) is 15.0. The lowest BCUT2D eigenvalue weighted by molar-refractivity contribution is 0.0128. The van der Waals surface area contributed by atoms with Crippen LogP contribution < -0.4 is 5.32 Å². The van der Waals surface area contributed by atoms with Gasteiger partial charge in [0.05, 0.1) is 5.69 Å². The standard InChI is InChI=1S/C16H29N5/c1-5-21-14(4)16(13(3)18-21)12(2)17-10-15-11-19-6-8-20(15)9-7-19/h12,15,17H,5-11H2,1-4H3. The first-order valence-electron chi connectivity index (χ1n) is 8.33. The van der Waals surface area contributed by atoms with Crippen LogP contribution in [0.5, 0.6) is 0 Å². The Morgan fingerprint density at radius 3 is 2.48 bits per heavy atom. The zero-order valence-corrected chi connectivity index (χ0v) is 13.9. The Morgan fingerprint density at radius 1 is 1.24 bits per heavy atom. The van der Waals surface area contributed by atoms with E-state index < -0.39 is 0 Å². The van der Waals surface area contributed by atoms with Crippen molar-refractivity contribution in [3.63, 3.8) is 0 Å². The average Bonchev–Trinajstić information content (AvgIpc) is 2.80. The SMILES string of the molecule is CCn1nc(C)c(C(C)NCC2CN3CCN2CC3)c1C. The molecule has 118 valence electrons. The van der Waals surface area contributed by atoms with Gasteiger partial charge in [-0.2, -0.15) is 5.10 Å². The largest absolute Gasteiger partial charge is 0.308 e. The molecule has 3 aliphatic rings. The van der Waals surface area contributed by atoms with Crippen LogP contribution >= 0.6 is 0 Å². The predicted octanol–water partition coefficient (Wildman–Crippen LogP) is 1.17. The highest BCUT2D eigenvalue weighted by atomic mass is 15.3. The minimum absolute atomic E-state index is 0.377. The van der Waals surface area contributed by atoms with E-state index in [1.165, 1.54) is 49.7 Å².